The maximum absolute atomic E-state index is 13.0. The van der Waals surface area contributed by atoms with E-state index in [1.54, 1.807) is 34.6 Å². The number of aromatic nitrogens is 4. The number of rotatable bonds is 5. The molecule has 0 unspecified atom stereocenters. The lowest BCUT2D eigenvalue weighted by Gasteiger charge is -2.30. The first kappa shape index (κ1) is 22.8. The van der Waals surface area contributed by atoms with Crippen LogP contribution in [0.5, 0.6) is 0 Å². The van der Waals surface area contributed by atoms with Crippen LogP contribution in [0.2, 0.25) is 0 Å². The monoisotopic (exact) mass is 411 g/mol. The molecule has 0 fully saturated rings. The van der Waals surface area contributed by atoms with E-state index >= 15 is 0 Å². The van der Waals surface area contributed by atoms with Crippen molar-refractivity contribution in [1.29, 1.82) is 0 Å². The maximum atomic E-state index is 13.0. The molecule has 0 saturated carbocycles. The summed E-state index contributed by atoms with van der Waals surface area (Å²) in [5.41, 5.74) is 2.91. The molecule has 6 nitrogen and oxygen atoms in total. The molecule has 0 aliphatic rings. The number of alkyl halides is 3. The third-order valence-corrected chi connectivity index (χ3v) is 4.32. The minimum atomic E-state index is -4.46. The maximum Gasteiger partial charge on any atom is 0.406 e. The van der Waals surface area contributed by atoms with Gasteiger partial charge in [-0.05, 0) is 39.2 Å². The van der Waals surface area contributed by atoms with E-state index in [2.05, 4.69) is 15.1 Å². The minimum absolute atomic E-state index is 0.0117. The predicted octanol–water partition coefficient (Wildman–Crippen LogP) is 3.88. The summed E-state index contributed by atoms with van der Waals surface area (Å²) in [6, 6.07) is 1.83. The van der Waals surface area contributed by atoms with Crippen molar-refractivity contribution in [3.8, 4) is 5.95 Å². The summed E-state index contributed by atoms with van der Waals surface area (Å²) in [4.78, 5) is 22.4. The first-order valence-corrected chi connectivity index (χ1v) is 9.38. The second kappa shape index (κ2) is 8.12. The number of aryl methyl sites for hydroxylation is 3. The Hall–Kier alpha value is -2.45. The van der Waals surface area contributed by atoms with Crippen LogP contribution in [0.15, 0.2) is 6.07 Å². The molecule has 0 radical (unpaired) electrons. The molecule has 0 saturated heterocycles. The van der Waals surface area contributed by atoms with Crippen molar-refractivity contribution >= 4 is 5.91 Å². The van der Waals surface area contributed by atoms with Gasteiger partial charge in [-0.3, -0.25) is 4.79 Å². The smallest absolute Gasteiger partial charge is 0.333 e. The number of hydrogen-bond donors (Lipinski definition) is 0. The Morgan fingerprint density at radius 3 is 2.07 bits per heavy atom. The van der Waals surface area contributed by atoms with Crippen LogP contribution >= 0.6 is 0 Å². The van der Waals surface area contributed by atoms with Crippen LogP contribution in [0.25, 0.3) is 5.95 Å². The highest BCUT2D eigenvalue weighted by atomic mass is 19.4. The molecule has 2 rings (SSSR count). The quantitative estimate of drug-likeness (QED) is 0.749. The first-order chi connectivity index (χ1) is 13.2. The number of nitrogens with zero attached hydrogens (tertiary/aromatic N) is 5. The van der Waals surface area contributed by atoms with Crippen LogP contribution < -0.4 is 0 Å². The molecule has 2 heterocycles. The number of carbonyl (C=O) groups is 1. The highest BCUT2D eigenvalue weighted by molar-refractivity contribution is 5.79. The average Bonchev–Trinajstić information content (AvgIpc) is 2.78. The van der Waals surface area contributed by atoms with Gasteiger partial charge in [-0.15, -0.1) is 0 Å². The van der Waals surface area contributed by atoms with E-state index in [0.29, 0.717) is 22.9 Å². The van der Waals surface area contributed by atoms with Crippen LogP contribution in [0.1, 0.15) is 49.1 Å². The Morgan fingerprint density at radius 1 is 1.03 bits per heavy atom. The lowest BCUT2D eigenvalue weighted by atomic mass is 9.95. The summed E-state index contributed by atoms with van der Waals surface area (Å²) < 4.78 is 40.6. The van der Waals surface area contributed by atoms with Gasteiger partial charge in [0.15, 0.2) is 0 Å². The van der Waals surface area contributed by atoms with Gasteiger partial charge < -0.3 is 4.90 Å². The SMILES string of the molecule is Cc1cc(C)nc(-n2nc(C)c(CC(=O)N(CC(C)(C)C)CC(F)(F)F)c2C)n1. The van der Waals surface area contributed by atoms with Crippen molar-refractivity contribution in [3.05, 3.63) is 34.4 Å². The average molecular weight is 411 g/mol. The molecule has 1 amide bonds. The molecule has 0 atom stereocenters. The molecule has 2 aromatic rings. The molecule has 0 aromatic carbocycles. The lowest BCUT2D eigenvalue weighted by molar-refractivity contribution is -0.163. The van der Waals surface area contributed by atoms with Crippen molar-refractivity contribution in [2.75, 3.05) is 13.1 Å². The lowest BCUT2D eigenvalue weighted by Crippen LogP contribution is -2.44. The van der Waals surface area contributed by atoms with Gasteiger partial charge >= 0.3 is 6.18 Å². The Bertz CT molecular complexity index is 860. The third-order valence-electron chi connectivity index (χ3n) is 4.32. The molecule has 29 heavy (non-hydrogen) atoms. The fourth-order valence-corrected chi connectivity index (χ4v) is 3.21. The predicted molar refractivity (Wildman–Crippen MR) is 104 cm³/mol. The normalized spacial score (nSPS) is 12.3. The van der Waals surface area contributed by atoms with E-state index in [9.17, 15) is 18.0 Å². The zero-order valence-corrected chi connectivity index (χ0v) is 18.0. The van der Waals surface area contributed by atoms with E-state index < -0.39 is 24.0 Å². The van der Waals surface area contributed by atoms with Gasteiger partial charge in [-0.1, -0.05) is 20.8 Å². The summed E-state index contributed by atoms with van der Waals surface area (Å²) >= 11 is 0. The first-order valence-electron chi connectivity index (χ1n) is 9.38. The Labute approximate surface area is 169 Å². The zero-order valence-electron chi connectivity index (χ0n) is 18.0. The van der Waals surface area contributed by atoms with Crippen molar-refractivity contribution in [2.45, 2.75) is 61.1 Å². The van der Waals surface area contributed by atoms with E-state index in [0.717, 1.165) is 16.3 Å². The third kappa shape index (κ3) is 6.27. The van der Waals surface area contributed by atoms with Gasteiger partial charge in [0.2, 0.25) is 5.91 Å². The number of amides is 1. The fourth-order valence-electron chi connectivity index (χ4n) is 3.21. The van der Waals surface area contributed by atoms with Gasteiger partial charge in [0.05, 0.1) is 12.1 Å². The van der Waals surface area contributed by atoms with Crippen LogP contribution in [-0.2, 0) is 11.2 Å². The molecule has 0 aliphatic heterocycles. The van der Waals surface area contributed by atoms with Gasteiger partial charge in [-0.25, -0.2) is 14.6 Å². The summed E-state index contributed by atoms with van der Waals surface area (Å²) in [7, 11) is 0. The largest absolute Gasteiger partial charge is 0.406 e. The summed E-state index contributed by atoms with van der Waals surface area (Å²) in [5.74, 6) is -0.201. The zero-order chi connectivity index (χ0) is 22.1. The van der Waals surface area contributed by atoms with Crippen molar-refractivity contribution in [1.82, 2.24) is 24.6 Å². The van der Waals surface area contributed by atoms with Gasteiger partial charge in [0, 0.05) is 29.2 Å². The topological polar surface area (TPSA) is 63.9 Å². The van der Waals surface area contributed by atoms with Crippen molar-refractivity contribution in [3.63, 3.8) is 0 Å². The second-order valence-electron chi connectivity index (χ2n) is 8.61. The molecule has 0 N–H and O–H groups in total. The summed E-state index contributed by atoms with van der Waals surface area (Å²) in [6.07, 6.45) is -4.61. The highest BCUT2D eigenvalue weighted by Crippen LogP contribution is 2.24. The molecular formula is C20H28F3N5O. The van der Waals surface area contributed by atoms with Crippen molar-refractivity contribution < 1.29 is 18.0 Å². The molecule has 0 aliphatic carbocycles. The Kier molecular flexibility index (Phi) is 6.39. The summed E-state index contributed by atoms with van der Waals surface area (Å²) in [5, 5.41) is 4.42. The molecule has 0 bridgehead atoms. The van der Waals surface area contributed by atoms with Crippen LogP contribution in [0.4, 0.5) is 13.2 Å². The van der Waals surface area contributed by atoms with E-state index in [1.165, 1.54) is 4.68 Å². The fraction of sp³-hybridized carbons (Fsp3) is 0.600. The number of carbonyl (C=O) groups excluding carboxylic acids is 1. The van der Waals surface area contributed by atoms with E-state index in [4.69, 9.17) is 0 Å². The highest BCUT2D eigenvalue weighted by Gasteiger charge is 2.35. The molecule has 160 valence electrons. The summed E-state index contributed by atoms with van der Waals surface area (Å²) in [6.45, 7) is 11.3. The van der Waals surface area contributed by atoms with Crippen LogP contribution in [-0.4, -0.2) is 49.8 Å². The van der Waals surface area contributed by atoms with E-state index in [1.807, 2.05) is 19.9 Å². The molecule has 2 aromatic heterocycles. The van der Waals surface area contributed by atoms with Gasteiger partial charge in [0.25, 0.3) is 5.95 Å². The standard InChI is InChI=1S/C20H28F3N5O/c1-12-8-13(2)25-18(24-12)28-15(4)16(14(3)26-28)9-17(29)27(10-19(5,6)7)11-20(21,22)23/h8H,9-11H2,1-7H3. The van der Waals surface area contributed by atoms with Gasteiger partial charge in [-0.2, -0.15) is 18.3 Å². The molecule has 9 heteroatoms. The Balaban J connectivity index is 2.34. The van der Waals surface area contributed by atoms with E-state index in [-0.39, 0.29) is 13.0 Å². The van der Waals surface area contributed by atoms with Crippen LogP contribution in [0.3, 0.4) is 0 Å². The number of hydrogen-bond acceptors (Lipinski definition) is 4. The Morgan fingerprint density at radius 2 is 1.59 bits per heavy atom. The van der Waals surface area contributed by atoms with Crippen molar-refractivity contribution in [2.24, 2.45) is 5.41 Å². The molecular weight excluding hydrogens is 383 g/mol. The molecule has 0 spiro atoms. The van der Waals surface area contributed by atoms with Crippen LogP contribution in [0, 0.1) is 33.1 Å². The number of halogens is 3. The van der Waals surface area contributed by atoms with Gasteiger partial charge in [0.1, 0.15) is 6.54 Å². The second-order valence-corrected chi connectivity index (χ2v) is 8.61. The minimum Gasteiger partial charge on any atom is -0.333 e.